The minimum absolute atomic E-state index is 0.00590. The summed E-state index contributed by atoms with van der Waals surface area (Å²) in [6.45, 7) is 3.07. The second-order valence-corrected chi connectivity index (χ2v) is 7.32. The van der Waals surface area contributed by atoms with Crippen molar-refractivity contribution >= 4 is 23.7 Å². The minimum atomic E-state index is -0.575. The molecule has 0 saturated heterocycles. The van der Waals surface area contributed by atoms with E-state index in [0.717, 1.165) is 29.7 Å². The van der Waals surface area contributed by atoms with Gasteiger partial charge in [0.2, 0.25) is 0 Å². The summed E-state index contributed by atoms with van der Waals surface area (Å²) in [7, 11) is 0. The number of nitrogens with zero attached hydrogens (tertiary/aromatic N) is 2. The maximum Gasteiger partial charge on any atom is 0.276 e. The fourth-order valence-electron chi connectivity index (χ4n) is 2.85. The molecule has 0 aliphatic carbocycles. The van der Waals surface area contributed by atoms with E-state index >= 15 is 0 Å². The Morgan fingerprint density at radius 2 is 1.90 bits per heavy atom. The Balaban J connectivity index is 1.63. The summed E-state index contributed by atoms with van der Waals surface area (Å²) in [5.74, 6) is 0.215. The monoisotopic (exact) mass is 437 g/mol. The van der Waals surface area contributed by atoms with E-state index in [0.29, 0.717) is 11.6 Å². The number of benzene rings is 2. The van der Waals surface area contributed by atoms with Gasteiger partial charge in [0.1, 0.15) is 11.3 Å². The normalized spacial score (nSPS) is 10.9. The molecule has 160 valence electrons. The van der Waals surface area contributed by atoms with Gasteiger partial charge in [-0.15, -0.1) is 0 Å². The van der Waals surface area contributed by atoms with Crippen LogP contribution in [0.25, 0.3) is 0 Å². The number of hydrogen-bond acceptors (Lipinski definition) is 4. The molecule has 6 nitrogen and oxygen atoms in total. The highest BCUT2D eigenvalue weighted by Crippen LogP contribution is 2.15. The van der Waals surface area contributed by atoms with Gasteiger partial charge in [0.15, 0.2) is 0 Å². The largest absolute Gasteiger partial charge is 0.494 e. The highest BCUT2D eigenvalue weighted by Gasteiger charge is 2.12. The third kappa shape index (κ3) is 6.30. The average Bonchev–Trinajstić information content (AvgIpc) is 2.78. The molecule has 0 spiro atoms. The molecule has 3 rings (SSSR count). The first-order valence-electron chi connectivity index (χ1n) is 10.1. The average molecular weight is 438 g/mol. The topological polar surface area (TPSA) is 72.7 Å². The zero-order chi connectivity index (χ0) is 22.1. The van der Waals surface area contributed by atoms with Crippen molar-refractivity contribution in [3.8, 4) is 5.75 Å². The Hall–Kier alpha value is -3.38. The van der Waals surface area contributed by atoms with Crippen LogP contribution in [0.4, 0.5) is 0 Å². The molecule has 1 heterocycles. The van der Waals surface area contributed by atoms with Gasteiger partial charge >= 0.3 is 0 Å². The van der Waals surface area contributed by atoms with Crippen molar-refractivity contribution in [1.82, 2.24) is 9.99 Å². The highest BCUT2D eigenvalue weighted by molar-refractivity contribution is 6.31. The molecule has 2 aromatic carbocycles. The quantitative estimate of drug-likeness (QED) is 0.304. The van der Waals surface area contributed by atoms with Gasteiger partial charge in [-0.1, -0.05) is 43.1 Å². The predicted molar refractivity (Wildman–Crippen MR) is 123 cm³/mol. The van der Waals surface area contributed by atoms with Gasteiger partial charge in [-0.2, -0.15) is 5.10 Å². The second kappa shape index (κ2) is 11.1. The second-order valence-electron chi connectivity index (χ2n) is 6.92. The Morgan fingerprint density at radius 3 is 2.65 bits per heavy atom. The van der Waals surface area contributed by atoms with E-state index in [2.05, 4.69) is 17.5 Å². The number of hydrogen-bond donors (Lipinski definition) is 1. The molecule has 31 heavy (non-hydrogen) atoms. The number of aromatic nitrogens is 1. The Morgan fingerprint density at radius 1 is 1.13 bits per heavy atom. The van der Waals surface area contributed by atoms with Crippen LogP contribution < -0.4 is 15.7 Å². The van der Waals surface area contributed by atoms with E-state index < -0.39 is 11.5 Å². The van der Waals surface area contributed by atoms with Gasteiger partial charge in [0.05, 0.1) is 19.4 Å². The van der Waals surface area contributed by atoms with Crippen LogP contribution in [0.1, 0.15) is 41.3 Å². The van der Waals surface area contributed by atoms with Crippen molar-refractivity contribution in [3.63, 3.8) is 0 Å². The van der Waals surface area contributed by atoms with Crippen LogP contribution in [0, 0.1) is 0 Å². The zero-order valence-electron chi connectivity index (χ0n) is 17.3. The first-order valence-corrected chi connectivity index (χ1v) is 10.5. The summed E-state index contributed by atoms with van der Waals surface area (Å²) in [5, 5.41) is 4.52. The van der Waals surface area contributed by atoms with Crippen LogP contribution in [0.3, 0.4) is 0 Å². The fraction of sp³-hybridized carbons (Fsp3) is 0.208. The Kier molecular flexibility index (Phi) is 8.01. The molecule has 1 aromatic heterocycles. The Bertz CT molecular complexity index is 1110. The van der Waals surface area contributed by atoms with Crippen molar-refractivity contribution in [3.05, 3.63) is 98.9 Å². The van der Waals surface area contributed by atoms with Gasteiger partial charge in [-0.3, -0.25) is 9.59 Å². The number of pyridine rings is 1. The number of amides is 1. The molecule has 0 radical (unpaired) electrons. The molecule has 0 aliphatic heterocycles. The van der Waals surface area contributed by atoms with Crippen LogP contribution in [0.2, 0.25) is 5.02 Å². The van der Waals surface area contributed by atoms with Crippen LogP contribution in [0.15, 0.2) is 76.8 Å². The first kappa shape index (κ1) is 22.3. The number of rotatable bonds is 9. The van der Waals surface area contributed by atoms with Crippen molar-refractivity contribution in [2.45, 2.75) is 26.3 Å². The summed E-state index contributed by atoms with van der Waals surface area (Å²) in [6.07, 6.45) is 5.22. The summed E-state index contributed by atoms with van der Waals surface area (Å²) in [6, 6.07) is 17.8. The third-order valence-corrected chi connectivity index (χ3v) is 4.96. The smallest absolute Gasteiger partial charge is 0.276 e. The molecule has 1 N–H and O–H groups in total. The van der Waals surface area contributed by atoms with E-state index in [1.54, 1.807) is 18.3 Å². The van der Waals surface area contributed by atoms with E-state index in [-0.39, 0.29) is 12.1 Å². The fourth-order valence-corrected chi connectivity index (χ4v) is 3.05. The number of ether oxygens (including phenoxy) is 1. The minimum Gasteiger partial charge on any atom is -0.494 e. The van der Waals surface area contributed by atoms with Crippen LogP contribution in [0.5, 0.6) is 5.75 Å². The lowest BCUT2D eigenvalue weighted by Gasteiger charge is -2.09. The van der Waals surface area contributed by atoms with E-state index in [4.69, 9.17) is 16.3 Å². The lowest BCUT2D eigenvalue weighted by Crippen LogP contribution is -2.30. The molecule has 0 saturated carbocycles. The van der Waals surface area contributed by atoms with Gasteiger partial charge in [0, 0.05) is 11.2 Å². The van der Waals surface area contributed by atoms with E-state index in [9.17, 15) is 9.59 Å². The summed E-state index contributed by atoms with van der Waals surface area (Å²) >= 11 is 6.18. The molecular formula is C24H24ClN3O3. The van der Waals surface area contributed by atoms with Gasteiger partial charge in [-0.05, 0) is 60.0 Å². The zero-order valence-corrected chi connectivity index (χ0v) is 18.0. The molecule has 0 unspecified atom stereocenters. The molecule has 1 amide bonds. The van der Waals surface area contributed by atoms with Crippen LogP contribution >= 0.6 is 11.6 Å². The van der Waals surface area contributed by atoms with Crippen molar-refractivity contribution in [1.29, 1.82) is 0 Å². The number of unbranched alkanes of at least 4 members (excludes halogenated alkanes) is 1. The van der Waals surface area contributed by atoms with Crippen LogP contribution in [-0.4, -0.2) is 23.3 Å². The highest BCUT2D eigenvalue weighted by atomic mass is 35.5. The van der Waals surface area contributed by atoms with Crippen LogP contribution in [-0.2, 0) is 6.54 Å². The number of hydrazone groups is 1. The lowest BCUT2D eigenvalue weighted by molar-refractivity contribution is 0.0953. The van der Waals surface area contributed by atoms with Crippen molar-refractivity contribution in [2.75, 3.05) is 6.61 Å². The lowest BCUT2D eigenvalue weighted by atomic mass is 10.2. The number of carbonyl (C=O) groups is 1. The molecule has 3 aromatic rings. The first-order chi connectivity index (χ1) is 15.1. The van der Waals surface area contributed by atoms with E-state index in [1.807, 2.05) is 42.5 Å². The molecule has 0 aliphatic rings. The molecule has 7 heteroatoms. The third-order valence-electron chi connectivity index (χ3n) is 4.59. The molecule has 0 bridgehead atoms. The van der Waals surface area contributed by atoms with Gasteiger partial charge in [0.25, 0.3) is 11.5 Å². The maximum atomic E-state index is 12.7. The van der Waals surface area contributed by atoms with Gasteiger partial charge < -0.3 is 9.30 Å². The number of halogens is 1. The Labute approximate surface area is 186 Å². The predicted octanol–water partition coefficient (Wildman–Crippen LogP) is 4.49. The molecule has 0 atom stereocenters. The SMILES string of the molecule is CCCCOc1ccc(/C=N\NC(=O)c2cccn(Cc3ccccc3Cl)c2=O)cc1. The molecule has 0 fully saturated rings. The van der Waals surface area contributed by atoms with Crippen molar-refractivity contribution < 1.29 is 9.53 Å². The van der Waals surface area contributed by atoms with E-state index in [1.165, 1.54) is 16.8 Å². The maximum absolute atomic E-state index is 12.7. The summed E-state index contributed by atoms with van der Waals surface area (Å²) in [5.41, 5.74) is 3.59. The standard InChI is InChI=1S/C24H24ClN3O3/c1-2-3-15-31-20-12-10-18(11-13-20)16-26-27-23(29)21-8-6-14-28(24(21)30)17-19-7-4-5-9-22(19)25/h4-14,16H,2-3,15,17H2,1H3,(H,27,29)/b26-16-. The number of nitrogens with one attached hydrogen (secondary N) is 1. The summed E-state index contributed by atoms with van der Waals surface area (Å²) < 4.78 is 7.06. The summed E-state index contributed by atoms with van der Waals surface area (Å²) in [4.78, 5) is 25.1. The molecular weight excluding hydrogens is 414 g/mol. The number of carbonyl (C=O) groups excluding carboxylic acids is 1. The van der Waals surface area contributed by atoms with Gasteiger partial charge in [-0.25, -0.2) is 5.43 Å². The van der Waals surface area contributed by atoms with Crippen molar-refractivity contribution in [2.24, 2.45) is 5.10 Å².